The fourth-order valence-corrected chi connectivity index (χ4v) is 4.28. The number of rotatable bonds is 6. The second-order valence-corrected chi connectivity index (χ2v) is 8.33. The van der Waals surface area contributed by atoms with E-state index in [1.165, 1.54) is 0 Å². The Balaban J connectivity index is 1.11. The first kappa shape index (κ1) is 21.0. The number of benzene rings is 1. The van der Waals surface area contributed by atoms with Crippen molar-refractivity contribution in [1.82, 2.24) is 30.5 Å². The fraction of sp³-hybridized carbons (Fsp3) is 0.333. The summed E-state index contributed by atoms with van der Waals surface area (Å²) in [4.78, 5) is 36.0. The Hall–Kier alpha value is -3.88. The standard InChI is InChI=1S/C24H24N6O3/c31-21(12-11-20-27-19-6-2-1-5-18(19)22(32)28-20)26-17-9-7-15(8-10-17)23-29-30-24(33-23)16-4-3-13-25-14-16/h1-6,13-15,17H,7-12H2,(H,26,31)(H,27,28,32). The average molecular weight is 444 g/mol. The third kappa shape index (κ3) is 4.82. The molecule has 0 radical (unpaired) electrons. The molecular formula is C24H24N6O3. The summed E-state index contributed by atoms with van der Waals surface area (Å²) in [5.74, 6) is 1.81. The zero-order chi connectivity index (χ0) is 22.6. The molecule has 3 heterocycles. The average Bonchev–Trinajstić information content (AvgIpc) is 3.34. The van der Waals surface area contributed by atoms with E-state index >= 15 is 0 Å². The molecule has 0 saturated heterocycles. The number of amides is 1. The van der Waals surface area contributed by atoms with Crippen LogP contribution in [-0.4, -0.2) is 37.1 Å². The molecule has 1 aliphatic carbocycles. The number of aromatic amines is 1. The topological polar surface area (TPSA) is 127 Å². The maximum atomic E-state index is 12.5. The van der Waals surface area contributed by atoms with Crippen molar-refractivity contribution in [3.05, 3.63) is 70.9 Å². The minimum Gasteiger partial charge on any atom is -0.420 e. The van der Waals surface area contributed by atoms with Gasteiger partial charge in [-0.05, 0) is 49.9 Å². The van der Waals surface area contributed by atoms with Gasteiger partial charge in [-0.1, -0.05) is 12.1 Å². The summed E-state index contributed by atoms with van der Waals surface area (Å²) in [5, 5.41) is 12.0. The molecule has 0 spiro atoms. The summed E-state index contributed by atoms with van der Waals surface area (Å²) in [5.41, 5.74) is 1.27. The number of hydrogen-bond acceptors (Lipinski definition) is 7. The Labute approximate surface area is 189 Å². The Morgan fingerprint density at radius 2 is 1.94 bits per heavy atom. The van der Waals surface area contributed by atoms with Gasteiger partial charge in [-0.25, -0.2) is 4.98 Å². The summed E-state index contributed by atoms with van der Waals surface area (Å²) in [6.07, 6.45) is 7.52. The predicted molar refractivity (Wildman–Crippen MR) is 121 cm³/mol. The fourth-order valence-electron chi connectivity index (χ4n) is 4.28. The number of fused-ring (bicyclic) bond motifs is 1. The molecule has 33 heavy (non-hydrogen) atoms. The van der Waals surface area contributed by atoms with E-state index in [1.807, 2.05) is 18.2 Å². The van der Waals surface area contributed by atoms with Gasteiger partial charge in [0.05, 0.1) is 16.5 Å². The van der Waals surface area contributed by atoms with Crippen molar-refractivity contribution in [2.24, 2.45) is 0 Å². The van der Waals surface area contributed by atoms with E-state index in [1.54, 1.807) is 30.6 Å². The first-order valence-electron chi connectivity index (χ1n) is 11.2. The number of aromatic nitrogens is 5. The lowest BCUT2D eigenvalue weighted by Crippen LogP contribution is -2.37. The van der Waals surface area contributed by atoms with Crippen LogP contribution < -0.4 is 10.9 Å². The largest absolute Gasteiger partial charge is 0.420 e. The summed E-state index contributed by atoms with van der Waals surface area (Å²) >= 11 is 0. The second kappa shape index (κ2) is 9.32. The molecule has 0 atom stereocenters. The normalized spacial score (nSPS) is 18.3. The van der Waals surface area contributed by atoms with E-state index in [9.17, 15) is 9.59 Å². The van der Waals surface area contributed by atoms with E-state index in [0.29, 0.717) is 34.9 Å². The number of H-pyrrole nitrogens is 1. The van der Waals surface area contributed by atoms with E-state index in [-0.39, 0.29) is 29.8 Å². The van der Waals surface area contributed by atoms with Gasteiger partial charge in [0.1, 0.15) is 5.82 Å². The minimum absolute atomic E-state index is 0.0362. The van der Waals surface area contributed by atoms with Gasteiger partial charge < -0.3 is 14.7 Å². The number of hydrogen-bond donors (Lipinski definition) is 2. The maximum absolute atomic E-state index is 12.5. The van der Waals surface area contributed by atoms with Crippen LogP contribution in [-0.2, 0) is 11.2 Å². The summed E-state index contributed by atoms with van der Waals surface area (Å²) in [6, 6.07) is 11.0. The third-order valence-electron chi connectivity index (χ3n) is 6.04. The van der Waals surface area contributed by atoms with Gasteiger partial charge in [0.2, 0.25) is 17.7 Å². The van der Waals surface area contributed by atoms with Crippen molar-refractivity contribution in [2.45, 2.75) is 50.5 Å². The number of nitrogens with zero attached hydrogens (tertiary/aromatic N) is 4. The highest BCUT2D eigenvalue weighted by Gasteiger charge is 2.27. The molecule has 5 rings (SSSR count). The highest BCUT2D eigenvalue weighted by Crippen LogP contribution is 2.33. The van der Waals surface area contributed by atoms with Gasteiger partial charge in [0.25, 0.3) is 5.56 Å². The molecule has 9 nitrogen and oxygen atoms in total. The number of carbonyl (C=O) groups excluding carboxylic acids is 1. The third-order valence-corrected chi connectivity index (χ3v) is 6.04. The molecule has 1 aromatic carbocycles. The smallest absolute Gasteiger partial charge is 0.258 e. The first-order valence-corrected chi connectivity index (χ1v) is 11.2. The Morgan fingerprint density at radius 3 is 2.76 bits per heavy atom. The van der Waals surface area contributed by atoms with Crippen LogP contribution in [0.25, 0.3) is 22.4 Å². The lowest BCUT2D eigenvalue weighted by atomic mass is 9.86. The van der Waals surface area contributed by atoms with E-state index in [4.69, 9.17) is 4.42 Å². The molecular weight excluding hydrogens is 420 g/mol. The monoisotopic (exact) mass is 444 g/mol. The molecule has 1 aliphatic rings. The van der Waals surface area contributed by atoms with Crippen LogP contribution in [0.3, 0.4) is 0 Å². The van der Waals surface area contributed by atoms with Crippen molar-refractivity contribution in [2.75, 3.05) is 0 Å². The Kier molecular flexibility index (Phi) is 5.93. The van der Waals surface area contributed by atoms with Crippen LogP contribution >= 0.6 is 0 Å². The molecule has 1 fully saturated rings. The quantitative estimate of drug-likeness (QED) is 0.468. The van der Waals surface area contributed by atoms with Gasteiger partial charge in [-0.15, -0.1) is 10.2 Å². The SMILES string of the molecule is O=C(CCc1nc2ccccc2c(=O)[nH]1)NC1CCC(c2nnc(-c3cccnc3)o2)CC1. The number of para-hydroxylation sites is 1. The zero-order valence-electron chi connectivity index (χ0n) is 18.0. The van der Waals surface area contributed by atoms with E-state index in [0.717, 1.165) is 31.2 Å². The van der Waals surface area contributed by atoms with Gasteiger partial charge in [-0.2, -0.15) is 0 Å². The molecule has 0 bridgehead atoms. The molecule has 2 N–H and O–H groups in total. The molecule has 4 aromatic rings. The van der Waals surface area contributed by atoms with Crippen LogP contribution in [0.2, 0.25) is 0 Å². The Bertz CT molecular complexity index is 1310. The van der Waals surface area contributed by atoms with Crippen LogP contribution in [0.5, 0.6) is 0 Å². The summed E-state index contributed by atoms with van der Waals surface area (Å²) in [6.45, 7) is 0. The molecule has 168 valence electrons. The van der Waals surface area contributed by atoms with Crippen molar-refractivity contribution in [3.63, 3.8) is 0 Å². The number of carbonyl (C=O) groups is 1. The maximum Gasteiger partial charge on any atom is 0.258 e. The lowest BCUT2D eigenvalue weighted by Gasteiger charge is -2.27. The summed E-state index contributed by atoms with van der Waals surface area (Å²) in [7, 11) is 0. The summed E-state index contributed by atoms with van der Waals surface area (Å²) < 4.78 is 5.87. The van der Waals surface area contributed by atoms with Crippen LogP contribution in [0.4, 0.5) is 0 Å². The lowest BCUT2D eigenvalue weighted by molar-refractivity contribution is -0.122. The predicted octanol–water partition coefficient (Wildman–Crippen LogP) is 3.14. The number of aryl methyl sites for hydroxylation is 1. The zero-order valence-corrected chi connectivity index (χ0v) is 18.0. The molecule has 9 heteroatoms. The van der Waals surface area contributed by atoms with Gasteiger partial charge in [0.15, 0.2) is 0 Å². The van der Waals surface area contributed by atoms with Crippen LogP contribution in [0.1, 0.15) is 49.7 Å². The Morgan fingerprint density at radius 1 is 1.09 bits per heavy atom. The highest BCUT2D eigenvalue weighted by atomic mass is 16.4. The molecule has 1 amide bonds. The molecule has 1 saturated carbocycles. The van der Waals surface area contributed by atoms with Gasteiger partial charge in [-0.3, -0.25) is 14.6 Å². The van der Waals surface area contributed by atoms with Crippen LogP contribution in [0.15, 0.2) is 58.0 Å². The van der Waals surface area contributed by atoms with Gasteiger partial charge in [0, 0.05) is 37.2 Å². The van der Waals surface area contributed by atoms with Crippen molar-refractivity contribution in [3.8, 4) is 11.5 Å². The number of nitrogens with one attached hydrogen (secondary N) is 2. The second-order valence-electron chi connectivity index (χ2n) is 8.33. The molecule has 0 unspecified atom stereocenters. The van der Waals surface area contributed by atoms with E-state index < -0.39 is 0 Å². The van der Waals surface area contributed by atoms with Crippen molar-refractivity contribution < 1.29 is 9.21 Å². The molecule has 3 aromatic heterocycles. The van der Waals surface area contributed by atoms with Gasteiger partial charge >= 0.3 is 0 Å². The van der Waals surface area contributed by atoms with Crippen LogP contribution in [0, 0.1) is 0 Å². The molecule has 0 aliphatic heterocycles. The number of pyridine rings is 1. The first-order chi connectivity index (χ1) is 16.2. The minimum atomic E-state index is -0.179. The van der Waals surface area contributed by atoms with Crippen molar-refractivity contribution in [1.29, 1.82) is 0 Å². The van der Waals surface area contributed by atoms with E-state index in [2.05, 4.69) is 30.5 Å². The highest BCUT2D eigenvalue weighted by molar-refractivity contribution is 5.78. The van der Waals surface area contributed by atoms with Crippen molar-refractivity contribution >= 4 is 16.8 Å².